The summed E-state index contributed by atoms with van der Waals surface area (Å²) in [5.41, 5.74) is 3.57. The molecule has 0 fully saturated rings. The maximum atomic E-state index is 5.30. The molecule has 1 aliphatic rings. The summed E-state index contributed by atoms with van der Waals surface area (Å²) in [7, 11) is 0. The van der Waals surface area contributed by atoms with Gasteiger partial charge in [-0.05, 0) is 18.6 Å². The Balaban J connectivity index is 0.000000396. The molecule has 1 aromatic rings. The molecular formula is C11H17NO. The van der Waals surface area contributed by atoms with Crippen molar-refractivity contribution in [2.45, 2.75) is 33.8 Å². The number of fused-ring (bicyclic) bond motifs is 1. The molecule has 2 rings (SSSR count). The van der Waals surface area contributed by atoms with Crippen molar-refractivity contribution in [2.75, 3.05) is 6.61 Å². The number of nitrogens with zero attached hydrogens (tertiary/aromatic N) is 1. The van der Waals surface area contributed by atoms with Crippen molar-refractivity contribution in [1.29, 1.82) is 0 Å². The summed E-state index contributed by atoms with van der Waals surface area (Å²) in [5.74, 6) is 0. The zero-order valence-corrected chi connectivity index (χ0v) is 8.63. The van der Waals surface area contributed by atoms with Gasteiger partial charge in [0, 0.05) is 17.8 Å². The number of hydrogen-bond donors (Lipinski definition) is 0. The minimum Gasteiger partial charge on any atom is -0.376 e. The molecule has 0 bridgehead atoms. The molecule has 0 amide bonds. The number of aromatic nitrogens is 1. The van der Waals surface area contributed by atoms with Gasteiger partial charge >= 0.3 is 0 Å². The van der Waals surface area contributed by atoms with E-state index in [-0.39, 0.29) is 0 Å². The average molecular weight is 179 g/mol. The van der Waals surface area contributed by atoms with Crippen LogP contribution in [0.3, 0.4) is 0 Å². The number of rotatable bonds is 0. The molecule has 0 spiro atoms. The van der Waals surface area contributed by atoms with Crippen LogP contribution >= 0.6 is 0 Å². The molecule has 0 atom stereocenters. The summed E-state index contributed by atoms with van der Waals surface area (Å²) >= 11 is 0. The van der Waals surface area contributed by atoms with Crippen molar-refractivity contribution in [1.82, 2.24) is 4.98 Å². The number of hydrogen-bond acceptors (Lipinski definition) is 2. The van der Waals surface area contributed by atoms with Crippen LogP contribution in [0.5, 0.6) is 0 Å². The fourth-order valence-electron chi connectivity index (χ4n) is 1.34. The first-order valence-electron chi connectivity index (χ1n) is 4.89. The van der Waals surface area contributed by atoms with E-state index in [0.29, 0.717) is 0 Å². The van der Waals surface area contributed by atoms with Crippen LogP contribution in [-0.4, -0.2) is 11.6 Å². The highest BCUT2D eigenvalue weighted by atomic mass is 16.5. The summed E-state index contributed by atoms with van der Waals surface area (Å²) in [4.78, 5) is 4.43. The van der Waals surface area contributed by atoms with Gasteiger partial charge in [-0.3, -0.25) is 4.98 Å². The van der Waals surface area contributed by atoms with Crippen LogP contribution in [0.2, 0.25) is 0 Å². The van der Waals surface area contributed by atoms with Crippen molar-refractivity contribution in [3.05, 3.63) is 29.1 Å². The number of ether oxygens (including phenoxy) is 1. The van der Waals surface area contributed by atoms with Gasteiger partial charge in [-0.25, -0.2) is 0 Å². The normalized spacial score (nSPS) is 14.1. The lowest BCUT2D eigenvalue weighted by molar-refractivity contribution is 0.109. The quantitative estimate of drug-likeness (QED) is 0.610. The van der Waals surface area contributed by atoms with Crippen molar-refractivity contribution >= 4 is 0 Å². The SMILES string of the molecule is CC.Cc1ccc2c(n1)CCOC2. The zero-order chi connectivity index (χ0) is 9.68. The summed E-state index contributed by atoms with van der Waals surface area (Å²) in [6.45, 7) is 7.59. The fourth-order valence-corrected chi connectivity index (χ4v) is 1.34. The Bertz CT molecular complexity index is 271. The van der Waals surface area contributed by atoms with Gasteiger partial charge in [0.15, 0.2) is 0 Å². The highest BCUT2D eigenvalue weighted by molar-refractivity contribution is 5.23. The second kappa shape index (κ2) is 4.97. The summed E-state index contributed by atoms with van der Waals surface area (Å²) < 4.78 is 5.30. The van der Waals surface area contributed by atoms with Gasteiger partial charge in [0.25, 0.3) is 0 Å². The van der Waals surface area contributed by atoms with Crippen molar-refractivity contribution in [3.8, 4) is 0 Å². The molecule has 0 saturated carbocycles. The molecule has 0 aliphatic carbocycles. The van der Waals surface area contributed by atoms with Gasteiger partial charge < -0.3 is 4.74 Å². The molecule has 0 N–H and O–H groups in total. The molecule has 0 saturated heterocycles. The Morgan fingerprint density at radius 3 is 2.85 bits per heavy atom. The Morgan fingerprint density at radius 1 is 1.31 bits per heavy atom. The third-order valence-electron chi connectivity index (χ3n) is 1.95. The Kier molecular flexibility index (Phi) is 3.90. The lowest BCUT2D eigenvalue weighted by Crippen LogP contribution is -2.11. The second-order valence-electron chi connectivity index (χ2n) is 2.86. The smallest absolute Gasteiger partial charge is 0.0734 e. The van der Waals surface area contributed by atoms with Crippen molar-refractivity contribution in [3.63, 3.8) is 0 Å². The topological polar surface area (TPSA) is 22.1 Å². The third-order valence-corrected chi connectivity index (χ3v) is 1.95. The first kappa shape index (κ1) is 10.2. The van der Waals surface area contributed by atoms with E-state index in [9.17, 15) is 0 Å². The zero-order valence-electron chi connectivity index (χ0n) is 8.63. The Labute approximate surface area is 80.0 Å². The summed E-state index contributed by atoms with van der Waals surface area (Å²) in [6.07, 6.45) is 0.969. The van der Waals surface area contributed by atoms with Gasteiger partial charge in [-0.15, -0.1) is 0 Å². The van der Waals surface area contributed by atoms with E-state index in [0.717, 1.165) is 25.3 Å². The maximum absolute atomic E-state index is 5.30. The van der Waals surface area contributed by atoms with E-state index in [1.807, 2.05) is 26.8 Å². The molecule has 2 nitrogen and oxygen atoms in total. The number of aryl methyl sites for hydroxylation is 1. The van der Waals surface area contributed by atoms with Gasteiger partial charge in [0.1, 0.15) is 0 Å². The highest BCUT2D eigenvalue weighted by Crippen LogP contribution is 2.14. The third kappa shape index (κ3) is 2.52. The molecule has 0 radical (unpaired) electrons. The minimum atomic E-state index is 0.739. The predicted molar refractivity (Wildman–Crippen MR) is 53.7 cm³/mol. The molecule has 1 aromatic heterocycles. The first-order valence-corrected chi connectivity index (χ1v) is 4.89. The second-order valence-corrected chi connectivity index (χ2v) is 2.86. The van der Waals surface area contributed by atoms with Gasteiger partial charge in [-0.2, -0.15) is 0 Å². The first-order chi connectivity index (χ1) is 6.36. The van der Waals surface area contributed by atoms with E-state index in [1.165, 1.54) is 11.3 Å². The molecule has 72 valence electrons. The average Bonchev–Trinajstić information content (AvgIpc) is 2.21. The van der Waals surface area contributed by atoms with Crippen LogP contribution in [0.1, 0.15) is 30.8 Å². The summed E-state index contributed by atoms with van der Waals surface area (Å²) in [6, 6.07) is 4.14. The standard InChI is InChI=1S/C9H11NO.C2H6/c1-7-2-3-8-6-11-5-4-9(8)10-7;1-2/h2-3H,4-6H2,1H3;1-2H3. The fraction of sp³-hybridized carbons (Fsp3) is 0.545. The van der Waals surface area contributed by atoms with Crippen LogP contribution in [0.25, 0.3) is 0 Å². The van der Waals surface area contributed by atoms with Crippen LogP contribution in [0, 0.1) is 6.92 Å². The highest BCUT2D eigenvalue weighted by Gasteiger charge is 2.09. The minimum absolute atomic E-state index is 0.739. The van der Waals surface area contributed by atoms with E-state index in [4.69, 9.17) is 4.74 Å². The van der Waals surface area contributed by atoms with Crippen LogP contribution < -0.4 is 0 Å². The Morgan fingerprint density at radius 2 is 2.08 bits per heavy atom. The molecule has 2 heterocycles. The molecule has 0 aromatic carbocycles. The van der Waals surface area contributed by atoms with Crippen molar-refractivity contribution in [2.24, 2.45) is 0 Å². The molecule has 0 unspecified atom stereocenters. The van der Waals surface area contributed by atoms with Crippen LogP contribution in [0.4, 0.5) is 0 Å². The van der Waals surface area contributed by atoms with Crippen molar-refractivity contribution < 1.29 is 4.74 Å². The molecular weight excluding hydrogens is 162 g/mol. The van der Waals surface area contributed by atoms with Crippen LogP contribution in [-0.2, 0) is 17.8 Å². The van der Waals surface area contributed by atoms with E-state index in [1.54, 1.807) is 0 Å². The summed E-state index contributed by atoms with van der Waals surface area (Å²) in [5, 5.41) is 0. The largest absolute Gasteiger partial charge is 0.376 e. The predicted octanol–water partition coefficient (Wildman–Crippen LogP) is 2.49. The number of pyridine rings is 1. The van der Waals surface area contributed by atoms with Gasteiger partial charge in [0.05, 0.1) is 13.2 Å². The molecule has 1 aliphatic heterocycles. The van der Waals surface area contributed by atoms with Gasteiger partial charge in [0.2, 0.25) is 0 Å². The molecule has 13 heavy (non-hydrogen) atoms. The molecule has 2 heteroatoms. The maximum Gasteiger partial charge on any atom is 0.0734 e. The van der Waals surface area contributed by atoms with E-state index in [2.05, 4.69) is 11.1 Å². The Hall–Kier alpha value is -0.890. The lowest BCUT2D eigenvalue weighted by Gasteiger charge is -2.15. The van der Waals surface area contributed by atoms with E-state index >= 15 is 0 Å². The van der Waals surface area contributed by atoms with Crippen LogP contribution in [0.15, 0.2) is 12.1 Å². The lowest BCUT2D eigenvalue weighted by atomic mass is 10.1. The monoisotopic (exact) mass is 179 g/mol. The van der Waals surface area contributed by atoms with E-state index < -0.39 is 0 Å². The van der Waals surface area contributed by atoms with Gasteiger partial charge in [-0.1, -0.05) is 19.9 Å².